The maximum Gasteiger partial charge on any atom is 0.314 e. The molecule has 0 bridgehead atoms. The van der Waals surface area contributed by atoms with E-state index in [2.05, 4.69) is 10.6 Å². The monoisotopic (exact) mass is 325 g/mol. The number of methoxy groups -OCH3 is 1. The molecule has 0 aliphatic rings. The molecule has 23 heavy (non-hydrogen) atoms. The van der Waals surface area contributed by atoms with Gasteiger partial charge in [-0.05, 0) is 26.0 Å². The summed E-state index contributed by atoms with van der Waals surface area (Å²) in [4.78, 5) is 33.6. The van der Waals surface area contributed by atoms with Crippen LogP contribution in [0.2, 0.25) is 0 Å². The number of nitrogens with zero attached hydrogens (tertiary/aromatic N) is 1. The van der Waals surface area contributed by atoms with Crippen molar-refractivity contribution in [2.24, 2.45) is 0 Å². The fourth-order valence-electron chi connectivity index (χ4n) is 1.71. The van der Waals surface area contributed by atoms with Gasteiger partial charge in [-0.15, -0.1) is 0 Å². The molecule has 1 aromatic carbocycles. The number of hydrogen-bond acceptors (Lipinski definition) is 6. The quantitative estimate of drug-likeness (QED) is 0.534. The molecule has 0 saturated heterocycles. The summed E-state index contributed by atoms with van der Waals surface area (Å²) in [5.41, 5.74) is -0.311. The molecule has 126 valence electrons. The van der Waals surface area contributed by atoms with Crippen LogP contribution in [0.1, 0.15) is 13.8 Å². The van der Waals surface area contributed by atoms with Crippen LogP contribution in [-0.4, -0.2) is 43.0 Å². The number of carbonyl (C=O) groups excluding carboxylic acids is 2. The van der Waals surface area contributed by atoms with E-state index in [0.29, 0.717) is 12.3 Å². The van der Waals surface area contributed by atoms with Crippen molar-refractivity contribution in [3.63, 3.8) is 0 Å². The third-order valence-corrected chi connectivity index (χ3v) is 2.84. The van der Waals surface area contributed by atoms with Crippen molar-refractivity contribution in [1.82, 2.24) is 10.6 Å². The number of hydrogen-bond donors (Lipinski definition) is 2. The van der Waals surface area contributed by atoms with Crippen molar-refractivity contribution < 1.29 is 24.0 Å². The van der Waals surface area contributed by atoms with Gasteiger partial charge in [0, 0.05) is 6.54 Å². The second-order valence-electron chi connectivity index (χ2n) is 4.56. The summed E-state index contributed by atoms with van der Waals surface area (Å²) in [6, 6.07) is 3.30. The standard InChI is InChI=1S/C14H19N3O6/c1-4-15-14(19)9(2)16-13(18)8-23-12-6-5-10(22-3)7-11(12)17(20)21/h5-7,9H,4,8H2,1-3H3,(H,15,19)(H,16,18)/t9-/m1/s1. The van der Waals surface area contributed by atoms with Crippen LogP contribution in [0.15, 0.2) is 18.2 Å². The van der Waals surface area contributed by atoms with Crippen LogP contribution in [0.25, 0.3) is 0 Å². The zero-order valence-corrected chi connectivity index (χ0v) is 13.1. The Morgan fingerprint density at radius 1 is 1.39 bits per heavy atom. The van der Waals surface area contributed by atoms with Crippen LogP contribution < -0.4 is 20.1 Å². The zero-order chi connectivity index (χ0) is 17.4. The molecule has 2 amide bonds. The lowest BCUT2D eigenvalue weighted by Crippen LogP contribution is -2.46. The number of nitro benzene ring substituents is 1. The number of carbonyl (C=O) groups is 2. The number of benzene rings is 1. The first-order chi connectivity index (χ1) is 10.9. The molecule has 0 unspecified atom stereocenters. The van der Waals surface area contributed by atoms with Gasteiger partial charge in [0.25, 0.3) is 5.91 Å². The Morgan fingerprint density at radius 2 is 2.09 bits per heavy atom. The highest BCUT2D eigenvalue weighted by atomic mass is 16.6. The molecule has 0 radical (unpaired) electrons. The van der Waals surface area contributed by atoms with Crippen molar-refractivity contribution in [1.29, 1.82) is 0 Å². The van der Waals surface area contributed by atoms with Gasteiger partial charge in [-0.3, -0.25) is 19.7 Å². The molecular formula is C14H19N3O6. The van der Waals surface area contributed by atoms with Crippen molar-refractivity contribution in [2.45, 2.75) is 19.9 Å². The number of amides is 2. The average Bonchev–Trinajstić information content (AvgIpc) is 2.52. The topological polar surface area (TPSA) is 120 Å². The lowest BCUT2D eigenvalue weighted by Gasteiger charge is -2.13. The SMILES string of the molecule is CCNC(=O)[C@@H](C)NC(=O)COc1ccc(OC)cc1[N+](=O)[O-]. The number of rotatable bonds is 8. The summed E-state index contributed by atoms with van der Waals surface area (Å²) in [6.45, 7) is 3.29. The Morgan fingerprint density at radius 3 is 2.65 bits per heavy atom. The second kappa shape index (κ2) is 8.57. The largest absolute Gasteiger partial charge is 0.496 e. The van der Waals surface area contributed by atoms with Crippen molar-refractivity contribution >= 4 is 17.5 Å². The van der Waals surface area contributed by atoms with E-state index in [1.54, 1.807) is 6.92 Å². The summed E-state index contributed by atoms with van der Waals surface area (Å²) in [7, 11) is 1.38. The first-order valence-electron chi connectivity index (χ1n) is 6.91. The smallest absolute Gasteiger partial charge is 0.314 e. The van der Waals surface area contributed by atoms with Gasteiger partial charge < -0.3 is 20.1 Å². The van der Waals surface area contributed by atoms with Gasteiger partial charge in [-0.2, -0.15) is 0 Å². The predicted molar refractivity (Wildman–Crippen MR) is 81.4 cm³/mol. The van der Waals surface area contributed by atoms with Crippen LogP contribution in [0, 0.1) is 10.1 Å². The fourth-order valence-corrected chi connectivity index (χ4v) is 1.71. The van der Waals surface area contributed by atoms with Gasteiger partial charge in [0.2, 0.25) is 5.91 Å². The van der Waals surface area contributed by atoms with Crippen molar-refractivity contribution in [2.75, 3.05) is 20.3 Å². The normalized spacial score (nSPS) is 11.3. The van der Waals surface area contributed by atoms with Gasteiger partial charge in [-0.1, -0.05) is 0 Å². The van der Waals surface area contributed by atoms with Crippen LogP contribution in [0.3, 0.4) is 0 Å². The number of ether oxygens (including phenoxy) is 2. The summed E-state index contributed by atoms with van der Waals surface area (Å²) >= 11 is 0. The first-order valence-corrected chi connectivity index (χ1v) is 6.91. The summed E-state index contributed by atoms with van der Waals surface area (Å²) in [5.74, 6) is -0.639. The van der Waals surface area contributed by atoms with Gasteiger partial charge >= 0.3 is 5.69 Å². The Bertz CT molecular complexity index is 590. The van der Waals surface area contributed by atoms with Gasteiger partial charge in [0.1, 0.15) is 11.8 Å². The minimum atomic E-state index is -0.725. The lowest BCUT2D eigenvalue weighted by molar-refractivity contribution is -0.385. The number of nitro groups is 1. The molecule has 0 heterocycles. The summed E-state index contributed by atoms with van der Waals surface area (Å²) in [6.07, 6.45) is 0. The van der Waals surface area contributed by atoms with Gasteiger partial charge in [0.05, 0.1) is 18.1 Å². The highest BCUT2D eigenvalue weighted by Crippen LogP contribution is 2.30. The molecule has 0 aromatic heterocycles. The molecule has 9 heteroatoms. The van der Waals surface area contributed by atoms with Crippen molar-refractivity contribution in [3.05, 3.63) is 28.3 Å². The molecule has 0 aliphatic heterocycles. The number of nitrogens with one attached hydrogen (secondary N) is 2. The molecule has 0 fully saturated rings. The molecule has 9 nitrogen and oxygen atoms in total. The minimum Gasteiger partial charge on any atom is -0.496 e. The molecule has 2 N–H and O–H groups in total. The zero-order valence-electron chi connectivity index (χ0n) is 13.1. The molecule has 0 saturated carbocycles. The van der Waals surface area contributed by atoms with E-state index in [0.717, 1.165) is 0 Å². The van der Waals surface area contributed by atoms with Crippen molar-refractivity contribution in [3.8, 4) is 11.5 Å². The van der Waals surface area contributed by atoms with E-state index in [1.807, 2.05) is 0 Å². The maximum atomic E-state index is 11.7. The van der Waals surface area contributed by atoms with Gasteiger partial charge in [-0.25, -0.2) is 0 Å². The van der Waals surface area contributed by atoms with Crippen LogP contribution in [0.5, 0.6) is 11.5 Å². The molecule has 0 aliphatic carbocycles. The predicted octanol–water partition coefficient (Wildman–Crippen LogP) is 0.623. The third kappa shape index (κ3) is 5.46. The van der Waals surface area contributed by atoms with Gasteiger partial charge in [0.15, 0.2) is 12.4 Å². The molecule has 0 spiro atoms. The number of likely N-dealkylation sites (N-methyl/N-ethyl adjacent to an activating group) is 1. The summed E-state index contributed by atoms with van der Waals surface area (Å²) in [5, 5.41) is 16.0. The van der Waals surface area contributed by atoms with Crippen LogP contribution >= 0.6 is 0 Å². The van der Waals surface area contributed by atoms with E-state index in [9.17, 15) is 19.7 Å². The average molecular weight is 325 g/mol. The van der Waals surface area contributed by atoms with E-state index < -0.39 is 23.5 Å². The fraction of sp³-hybridized carbons (Fsp3) is 0.429. The van der Waals surface area contributed by atoms with E-state index in [1.165, 1.54) is 32.2 Å². The Balaban J connectivity index is 2.66. The van der Waals surface area contributed by atoms with Crippen LogP contribution in [-0.2, 0) is 9.59 Å². The third-order valence-electron chi connectivity index (χ3n) is 2.84. The Hall–Kier alpha value is -2.84. The Labute approximate surface area is 133 Å². The van der Waals surface area contributed by atoms with E-state index >= 15 is 0 Å². The lowest BCUT2D eigenvalue weighted by atomic mass is 10.3. The first kappa shape index (κ1) is 18.2. The highest BCUT2D eigenvalue weighted by Gasteiger charge is 2.19. The molecule has 1 atom stereocenters. The molecule has 1 rings (SSSR count). The van der Waals surface area contributed by atoms with Crippen LogP contribution in [0.4, 0.5) is 5.69 Å². The minimum absolute atomic E-state index is 0.0587. The maximum absolute atomic E-state index is 11.7. The Kier molecular flexibility index (Phi) is 6.78. The molecular weight excluding hydrogens is 306 g/mol. The van der Waals surface area contributed by atoms with E-state index in [4.69, 9.17) is 9.47 Å². The van der Waals surface area contributed by atoms with E-state index in [-0.39, 0.29) is 17.3 Å². The summed E-state index contributed by atoms with van der Waals surface area (Å²) < 4.78 is 10.1. The highest BCUT2D eigenvalue weighted by molar-refractivity contribution is 5.87. The molecule has 1 aromatic rings. The second-order valence-corrected chi connectivity index (χ2v) is 4.56.